The van der Waals surface area contributed by atoms with Crippen LogP contribution in [0.2, 0.25) is 10.0 Å². The fraction of sp³-hybridized carbons (Fsp3) is 0.0526. The number of benzene rings is 2. The average Bonchev–Trinajstić information content (AvgIpc) is 2.59. The number of aromatic nitrogens is 1. The molecule has 7 heteroatoms. The highest BCUT2D eigenvalue weighted by molar-refractivity contribution is 6.36. The van der Waals surface area contributed by atoms with E-state index in [1.807, 2.05) is 0 Å². The van der Waals surface area contributed by atoms with Crippen LogP contribution in [0.5, 0.6) is 0 Å². The summed E-state index contributed by atoms with van der Waals surface area (Å²) in [7, 11) is 0. The van der Waals surface area contributed by atoms with E-state index in [1.54, 1.807) is 36.5 Å². The van der Waals surface area contributed by atoms with Gasteiger partial charge in [0.2, 0.25) is 0 Å². The molecule has 132 valence electrons. The molecule has 1 heterocycles. The molecule has 1 aromatic heterocycles. The van der Waals surface area contributed by atoms with Crippen molar-refractivity contribution in [2.75, 3.05) is 5.32 Å². The van der Waals surface area contributed by atoms with E-state index in [4.69, 9.17) is 23.2 Å². The number of nitrogens with zero attached hydrogens (tertiary/aromatic N) is 1. The molecule has 4 nitrogen and oxygen atoms in total. The third-order valence-corrected chi connectivity index (χ3v) is 4.23. The quantitative estimate of drug-likeness (QED) is 0.707. The summed E-state index contributed by atoms with van der Waals surface area (Å²) in [6, 6.07) is 13.6. The van der Waals surface area contributed by atoms with Crippen LogP contribution in [0.15, 0.2) is 65.6 Å². The number of hydrogen-bond acceptors (Lipinski definition) is 2. The van der Waals surface area contributed by atoms with Crippen molar-refractivity contribution in [3.8, 4) is 0 Å². The van der Waals surface area contributed by atoms with Crippen LogP contribution in [0, 0.1) is 5.82 Å². The molecule has 0 aliphatic rings. The van der Waals surface area contributed by atoms with Gasteiger partial charge in [0.1, 0.15) is 11.4 Å². The van der Waals surface area contributed by atoms with E-state index < -0.39 is 11.5 Å². The Morgan fingerprint density at radius 3 is 2.62 bits per heavy atom. The van der Waals surface area contributed by atoms with Gasteiger partial charge in [-0.25, -0.2) is 4.39 Å². The van der Waals surface area contributed by atoms with Crippen LogP contribution in [-0.4, -0.2) is 10.5 Å². The first-order chi connectivity index (χ1) is 12.4. The summed E-state index contributed by atoms with van der Waals surface area (Å²) in [5.41, 5.74) is 0.431. The third-order valence-electron chi connectivity index (χ3n) is 3.69. The van der Waals surface area contributed by atoms with Gasteiger partial charge in [-0.1, -0.05) is 35.3 Å². The van der Waals surface area contributed by atoms with Crippen molar-refractivity contribution in [1.82, 2.24) is 4.57 Å². The lowest BCUT2D eigenvalue weighted by molar-refractivity contribution is 0.102. The van der Waals surface area contributed by atoms with E-state index in [2.05, 4.69) is 5.32 Å². The Bertz CT molecular complexity index is 1030. The number of pyridine rings is 1. The minimum absolute atomic E-state index is 0.0464. The lowest BCUT2D eigenvalue weighted by Crippen LogP contribution is -2.29. The van der Waals surface area contributed by atoms with Gasteiger partial charge in [0.25, 0.3) is 11.5 Å². The van der Waals surface area contributed by atoms with E-state index in [-0.39, 0.29) is 22.9 Å². The Balaban J connectivity index is 1.86. The third kappa shape index (κ3) is 4.12. The van der Waals surface area contributed by atoms with Crippen LogP contribution >= 0.6 is 23.2 Å². The maximum Gasteiger partial charge on any atom is 0.263 e. The zero-order valence-electron chi connectivity index (χ0n) is 13.4. The molecule has 0 saturated heterocycles. The second kappa shape index (κ2) is 7.72. The lowest BCUT2D eigenvalue weighted by Gasteiger charge is -2.10. The molecular weight excluding hydrogens is 378 g/mol. The molecule has 3 rings (SSSR count). The Kier molecular flexibility index (Phi) is 5.40. The summed E-state index contributed by atoms with van der Waals surface area (Å²) < 4.78 is 14.7. The molecule has 0 aliphatic heterocycles. The molecule has 1 N–H and O–H groups in total. The van der Waals surface area contributed by atoms with Crippen molar-refractivity contribution >= 4 is 34.8 Å². The second-order valence-corrected chi connectivity index (χ2v) is 6.41. The number of carbonyl (C=O) groups excluding carboxylic acids is 1. The topological polar surface area (TPSA) is 51.1 Å². The summed E-state index contributed by atoms with van der Waals surface area (Å²) in [4.78, 5) is 25.0. The second-order valence-electron chi connectivity index (χ2n) is 5.56. The smallest absolute Gasteiger partial charge is 0.263 e. The van der Waals surface area contributed by atoms with Gasteiger partial charge in [-0.2, -0.15) is 0 Å². The fourth-order valence-corrected chi connectivity index (χ4v) is 2.90. The zero-order valence-corrected chi connectivity index (χ0v) is 14.9. The van der Waals surface area contributed by atoms with Gasteiger partial charge < -0.3 is 9.88 Å². The highest BCUT2D eigenvalue weighted by Gasteiger charge is 2.14. The number of anilines is 1. The van der Waals surface area contributed by atoms with Crippen molar-refractivity contribution in [3.63, 3.8) is 0 Å². The van der Waals surface area contributed by atoms with Crippen molar-refractivity contribution < 1.29 is 9.18 Å². The average molecular weight is 391 g/mol. The van der Waals surface area contributed by atoms with E-state index in [0.29, 0.717) is 16.3 Å². The van der Waals surface area contributed by atoms with Crippen molar-refractivity contribution in [2.45, 2.75) is 6.54 Å². The first-order valence-corrected chi connectivity index (χ1v) is 8.40. The summed E-state index contributed by atoms with van der Waals surface area (Å²) in [5.74, 6) is -0.977. The Labute approximate surface area is 158 Å². The van der Waals surface area contributed by atoms with E-state index in [1.165, 1.54) is 28.8 Å². The minimum Gasteiger partial charge on any atom is -0.320 e. The van der Waals surface area contributed by atoms with E-state index in [9.17, 15) is 14.0 Å². The van der Waals surface area contributed by atoms with Gasteiger partial charge in [-0.3, -0.25) is 9.59 Å². The van der Waals surface area contributed by atoms with Crippen LogP contribution in [0.1, 0.15) is 15.9 Å². The molecule has 0 aliphatic carbocycles. The zero-order chi connectivity index (χ0) is 18.7. The predicted molar refractivity (Wildman–Crippen MR) is 101 cm³/mol. The van der Waals surface area contributed by atoms with Gasteiger partial charge in [0.05, 0.1) is 17.3 Å². The molecule has 2 aromatic carbocycles. The molecule has 0 unspecified atom stereocenters. The lowest BCUT2D eigenvalue weighted by atomic mass is 10.2. The molecule has 0 saturated carbocycles. The van der Waals surface area contributed by atoms with Crippen LogP contribution < -0.4 is 10.9 Å². The van der Waals surface area contributed by atoms with Crippen LogP contribution in [0.25, 0.3) is 0 Å². The van der Waals surface area contributed by atoms with Crippen LogP contribution in [-0.2, 0) is 6.54 Å². The van der Waals surface area contributed by atoms with Crippen LogP contribution in [0.3, 0.4) is 0 Å². The largest absolute Gasteiger partial charge is 0.320 e. The number of halogens is 3. The molecule has 0 bridgehead atoms. The Hall–Kier alpha value is -2.63. The highest BCUT2D eigenvalue weighted by atomic mass is 35.5. The van der Waals surface area contributed by atoms with Gasteiger partial charge in [-0.15, -0.1) is 0 Å². The molecule has 3 aromatic rings. The number of carbonyl (C=O) groups is 1. The Morgan fingerprint density at radius 2 is 1.88 bits per heavy atom. The van der Waals surface area contributed by atoms with Gasteiger partial charge >= 0.3 is 0 Å². The number of amides is 1. The summed E-state index contributed by atoms with van der Waals surface area (Å²) >= 11 is 11.9. The SMILES string of the molecule is O=C(Nc1ccc(Cl)cc1Cl)c1cccn(Cc2cccc(F)c2)c1=O. The van der Waals surface area contributed by atoms with Crippen molar-refractivity contribution in [3.05, 3.63) is 98.1 Å². The van der Waals surface area contributed by atoms with E-state index in [0.717, 1.165) is 0 Å². The first kappa shape index (κ1) is 18.2. The maximum atomic E-state index is 13.3. The maximum absolute atomic E-state index is 13.3. The highest BCUT2D eigenvalue weighted by Crippen LogP contribution is 2.25. The molecule has 0 spiro atoms. The molecule has 0 atom stereocenters. The summed E-state index contributed by atoms with van der Waals surface area (Å²) in [6.07, 6.45) is 1.54. The molecule has 26 heavy (non-hydrogen) atoms. The number of hydrogen-bond donors (Lipinski definition) is 1. The number of rotatable bonds is 4. The van der Waals surface area contributed by atoms with Crippen LogP contribution in [0.4, 0.5) is 10.1 Å². The molecule has 0 radical (unpaired) electrons. The van der Waals surface area contributed by atoms with Gasteiger partial charge in [0.15, 0.2) is 0 Å². The minimum atomic E-state index is -0.590. The Morgan fingerprint density at radius 1 is 1.08 bits per heavy atom. The monoisotopic (exact) mass is 390 g/mol. The summed E-state index contributed by atoms with van der Waals surface area (Å²) in [5, 5.41) is 3.29. The molecule has 0 fully saturated rings. The standard InChI is InChI=1S/C19H13Cl2FN2O2/c20-13-6-7-17(16(21)10-13)23-18(25)15-5-2-8-24(19(15)26)11-12-3-1-4-14(22)9-12/h1-10H,11H2,(H,23,25). The predicted octanol–water partition coefficient (Wildman–Crippen LogP) is 4.59. The van der Waals surface area contributed by atoms with Gasteiger partial charge in [0, 0.05) is 11.2 Å². The summed E-state index contributed by atoms with van der Waals surface area (Å²) in [6.45, 7) is 0.152. The number of nitrogens with one attached hydrogen (secondary N) is 1. The van der Waals surface area contributed by atoms with Gasteiger partial charge in [-0.05, 0) is 48.0 Å². The normalized spacial score (nSPS) is 10.6. The molecular formula is C19H13Cl2FN2O2. The first-order valence-electron chi connectivity index (χ1n) is 7.64. The fourth-order valence-electron chi connectivity index (χ4n) is 2.45. The van der Waals surface area contributed by atoms with E-state index >= 15 is 0 Å². The van der Waals surface area contributed by atoms with Crippen molar-refractivity contribution in [2.24, 2.45) is 0 Å². The van der Waals surface area contributed by atoms with Crippen molar-refractivity contribution in [1.29, 1.82) is 0 Å². The molecule has 1 amide bonds.